The van der Waals surface area contributed by atoms with Gasteiger partial charge in [0.2, 0.25) is 10.0 Å². The first-order chi connectivity index (χ1) is 11.5. The Kier molecular flexibility index (Phi) is 4.99. The molecule has 0 fully saturated rings. The SMILES string of the molecule is Cc1ccc([N+](=O)[O-])cc1S(=O)(=O)Nc1ccc(NS(C)(=O)=O)cc1. The summed E-state index contributed by atoms with van der Waals surface area (Å²) < 4.78 is 51.8. The molecular weight excluding hydrogens is 370 g/mol. The van der Waals surface area contributed by atoms with Crippen LogP contribution in [0.15, 0.2) is 47.4 Å². The summed E-state index contributed by atoms with van der Waals surface area (Å²) in [4.78, 5) is 9.95. The minimum Gasteiger partial charge on any atom is -0.284 e. The van der Waals surface area contributed by atoms with Crippen LogP contribution in [0.3, 0.4) is 0 Å². The fourth-order valence-electron chi connectivity index (χ4n) is 2.02. The van der Waals surface area contributed by atoms with E-state index < -0.39 is 25.0 Å². The van der Waals surface area contributed by atoms with Crippen LogP contribution in [0.5, 0.6) is 0 Å². The first kappa shape index (κ1) is 18.7. The molecule has 0 aromatic heterocycles. The number of non-ortho nitro benzene ring substituents is 1. The van der Waals surface area contributed by atoms with Crippen molar-refractivity contribution >= 4 is 37.1 Å². The van der Waals surface area contributed by atoms with Crippen LogP contribution < -0.4 is 9.44 Å². The maximum atomic E-state index is 12.5. The molecule has 0 heterocycles. The molecule has 0 aliphatic heterocycles. The third kappa shape index (κ3) is 4.90. The molecule has 0 aliphatic rings. The number of aryl methyl sites for hydroxylation is 1. The van der Waals surface area contributed by atoms with Crippen molar-refractivity contribution < 1.29 is 21.8 Å². The molecule has 11 heteroatoms. The van der Waals surface area contributed by atoms with Gasteiger partial charge in [-0.25, -0.2) is 16.8 Å². The second-order valence-electron chi connectivity index (χ2n) is 5.26. The number of nitrogens with one attached hydrogen (secondary N) is 2. The van der Waals surface area contributed by atoms with Gasteiger partial charge in [-0.2, -0.15) is 0 Å². The first-order valence-corrected chi connectivity index (χ1v) is 10.2. The normalized spacial score (nSPS) is 11.8. The van der Waals surface area contributed by atoms with Gasteiger partial charge in [0, 0.05) is 23.5 Å². The van der Waals surface area contributed by atoms with E-state index in [-0.39, 0.29) is 22.0 Å². The average molecular weight is 385 g/mol. The van der Waals surface area contributed by atoms with E-state index in [1.165, 1.54) is 43.3 Å². The third-order valence-corrected chi connectivity index (χ3v) is 5.24. The first-order valence-electron chi connectivity index (χ1n) is 6.84. The van der Waals surface area contributed by atoms with Gasteiger partial charge in [-0.05, 0) is 36.8 Å². The topological polar surface area (TPSA) is 135 Å². The Balaban J connectivity index is 2.30. The van der Waals surface area contributed by atoms with Crippen LogP contribution in [-0.4, -0.2) is 28.0 Å². The van der Waals surface area contributed by atoms with E-state index in [1.807, 2.05) is 0 Å². The Labute approximate surface area is 144 Å². The van der Waals surface area contributed by atoms with Gasteiger partial charge in [0.1, 0.15) is 0 Å². The lowest BCUT2D eigenvalue weighted by molar-refractivity contribution is -0.385. The van der Waals surface area contributed by atoms with Crippen LogP contribution in [0.4, 0.5) is 17.1 Å². The van der Waals surface area contributed by atoms with Gasteiger partial charge in [0.25, 0.3) is 15.7 Å². The van der Waals surface area contributed by atoms with E-state index in [0.717, 1.165) is 12.3 Å². The third-order valence-electron chi connectivity index (χ3n) is 3.11. The van der Waals surface area contributed by atoms with Crippen LogP contribution in [0, 0.1) is 17.0 Å². The Morgan fingerprint density at radius 3 is 1.92 bits per heavy atom. The minimum absolute atomic E-state index is 0.185. The Morgan fingerprint density at radius 2 is 1.44 bits per heavy atom. The fraction of sp³-hybridized carbons (Fsp3) is 0.143. The molecule has 134 valence electrons. The van der Waals surface area contributed by atoms with E-state index in [0.29, 0.717) is 5.56 Å². The molecule has 2 N–H and O–H groups in total. The van der Waals surface area contributed by atoms with Gasteiger partial charge in [0.15, 0.2) is 0 Å². The molecule has 0 amide bonds. The molecule has 0 saturated heterocycles. The highest BCUT2D eigenvalue weighted by molar-refractivity contribution is 7.92. The van der Waals surface area contributed by atoms with Gasteiger partial charge in [-0.3, -0.25) is 19.6 Å². The fourth-order valence-corrected chi connectivity index (χ4v) is 3.91. The smallest absolute Gasteiger partial charge is 0.270 e. The largest absolute Gasteiger partial charge is 0.284 e. The van der Waals surface area contributed by atoms with Gasteiger partial charge in [-0.1, -0.05) is 6.07 Å². The van der Waals surface area contributed by atoms with Crippen LogP contribution in [0.25, 0.3) is 0 Å². The molecule has 2 aromatic carbocycles. The van der Waals surface area contributed by atoms with Crippen LogP contribution >= 0.6 is 0 Å². The van der Waals surface area contributed by atoms with Crippen molar-refractivity contribution in [2.75, 3.05) is 15.7 Å². The summed E-state index contributed by atoms with van der Waals surface area (Å²) in [6.45, 7) is 1.53. The number of nitro benzene ring substituents is 1. The predicted octanol–water partition coefficient (Wildman–Crippen LogP) is 2.08. The van der Waals surface area contributed by atoms with Crippen molar-refractivity contribution in [3.05, 3.63) is 58.1 Å². The zero-order chi connectivity index (χ0) is 18.8. The predicted molar refractivity (Wildman–Crippen MR) is 93.6 cm³/mol. The van der Waals surface area contributed by atoms with E-state index >= 15 is 0 Å². The molecule has 0 unspecified atom stereocenters. The Morgan fingerprint density at radius 1 is 0.920 bits per heavy atom. The number of benzene rings is 2. The summed E-state index contributed by atoms with van der Waals surface area (Å²) in [5, 5.41) is 10.8. The summed E-state index contributed by atoms with van der Waals surface area (Å²) >= 11 is 0. The highest BCUT2D eigenvalue weighted by atomic mass is 32.2. The van der Waals surface area contributed by atoms with Crippen LogP contribution in [0.1, 0.15) is 5.56 Å². The number of anilines is 2. The van der Waals surface area contributed by atoms with Crippen molar-refractivity contribution in [2.24, 2.45) is 0 Å². The number of hydrogen-bond acceptors (Lipinski definition) is 6. The summed E-state index contributed by atoms with van der Waals surface area (Å²) in [5.74, 6) is 0. The molecule has 0 atom stereocenters. The Hall–Kier alpha value is -2.66. The van der Waals surface area contributed by atoms with E-state index in [9.17, 15) is 26.9 Å². The molecule has 0 bridgehead atoms. The number of nitro groups is 1. The number of nitrogens with zero attached hydrogens (tertiary/aromatic N) is 1. The molecule has 0 spiro atoms. The maximum Gasteiger partial charge on any atom is 0.270 e. The molecular formula is C14H15N3O6S2. The second kappa shape index (κ2) is 6.69. The van der Waals surface area contributed by atoms with Crippen LogP contribution in [-0.2, 0) is 20.0 Å². The molecule has 0 radical (unpaired) electrons. The van der Waals surface area contributed by atoms with Gasteiger partial charge in [-0.15, -0.1) is 0 Å². The molecule has 2 aromatic rings. The van der Waals surface area contributed by atoms with Crippen molar-refractivity contribution in [3.8, 4) is 0 Å². The van der Waals surface area contributed by atoms with E-state index in [2.05, 4.69) is 9.44 Å². The summed E-state index contributed by atoms with van der Waals surface area (Å²) in [5.41, 5.74) is 0.481. The highest BCUT2D eigenvalue weighted by Crippen LogP contribution is 2.24. The highest BCUT2D eigenvalue weighted by Gasteiger charge is 2.20. The van der Waals surface area contributed by atoms with E-state index in [4.69, 9.17) is 0 Å². The van der Waals surface area contributed by atoms with Crippen molar-refractivity contribution in [3.63, 3.8) is 0 Å². The summed E-state index contributed by atoms with van der Waals surface area (Å²) in [6, 6.07) is 9.08. The summed E-state index contributed by atoms with van der Waals surface area (Å²) in [6.07, 6.45) is 0.995. The van der Waals surface area contributed by atoms with Crippen LogP contribution in [0.2, 0.25) is 0 Å². The zero-order valence-electron chi connectivity index (χ0n) is 13.3. The lowest BCUT2D eigenvalue weighted by Crippen LogP contribution is -2.15. The zero-order valence-corrected chi connectivity index (χ0v) is 14.9. The quantitative estimate of drug-likeness (QED) is 0.577. The number of hydrogen-bond donors (Lipinski definition) is 2. The standard InChI is InChI=1S/C14H15N3O6S2/c1-10-3-8-13(17(18)19)9-14(10)25(22,23)16-12-6-4-11(5-7-12)15-24(2,20)21/h3-9,15-16H,1-2H3. The summed E-state index contributed by atoms with van der Waals surface area (Å²) in [7, 11) is -7.48. The molecule has 0 saturated carbocycles. The van der Waals surface area contributed by atoms with Crippen molar-refractivity contribution in [1.29, 1.82) is 0 Å². The van der Waals surface area contributed by atoms with Crippen molar-refractivity contribution in [2.45, 2.75) is 11.8 Å². The number of sulfonamides is 2. The average Bonchev–Trinajstić information content (AvgIpc) is 2.47. The molecule has 9 nitrogen and oxygen atoms in total. The monoisotopic (exact) mass is 385 g/mol. The lowest BCUT2D eigenvalue weighted by atomic mass is 10.2. The van der Waals surface area contributed by atoms with Gasteiger partial charge < -0.3 is 0 Å². The van der Waals surface area contributed by atoms with Gasteiger partial charge in [0.05, 0.1) is 16.1 Å². The molecule has 0 aliphatic carbocycles. The molecule has 25 heavy (non-hydrogen) atoms. The second-order valence-corrected chi connectivity index (χ2v) is 8.66. The Bertz CT molecular complexity index is 1020. The van der Waals surface area contributed by atoms with Crippen molar-refractivity contribution in [1.82, 2.24) is 0 Å². The minimum atomic E-state index is -4.04. The van der Waals surface area contributed by atoms with E-state index in [1.54, 1.807) is 0 Å². The molecule has 2 rings (SSSR count). The lowest BCUT2D eigenvalue weighted by Gasteiger charge is -2.11. The maximum absolute atomic E-state index is 12.5. The van der Waals surface area contributed by atoms with Gasteiger partial charge >= 0.3 is 0 Å². The number of rotatable bonds is 6.